The Morgan fingerprint density at radius 2 is 1.79 bits per heavy atom. The number of nitrogen functional groups attached to an aromatic ring is 1. The Kier molecular flexibility index (Phi) is 5.11. The third kappa shape index (κ3) is 3.78. The fourth-order valence-electron chi connectivity index (χ4n) is 4.15. The number of fused-ring (bicyclic) bond motifs is 1. The second kappa shape index (κ2) is 8.01. The van der Waals surface area contributed by atoms with Gasteiger partial charge in [-0.25, -0.2) is 14.8 Å². The van der Waals surface area contributed by atoms with E-state index in [9.17, 15) is 18.0 Å². The second-order valence-electron chi connectivity index (χ2n) is 8.06. The van der Waals surface area contributed by atoms with Crippen LogP contribution in [0.4, 0.5) is 29.5 Å². The monoisotopic (exact) mass is 467 g/mol. The summed E-state index contributed by atoms with van der Waals surface area (Å²) in [5.74, 6) is 0.396. The van der Waals surface area contributed by atoms with E-state index < -0.39 is 11.9 Å². The molecule has 1 saturated heterocycles. The van der Waals surface area contributed by atoms with Crippen LogP contribution in [0.5, 0.6) is 0 Å². The SMILES string of the molecule is Cn1cc(-c2ccc(N3CCN(Cc4ccc(C(F)(F)F)nc4)C3=O)cc2)c2c(N)ncnc21. The van der Waals surface area contributed by atoms with Crippen LogP contribution in [0.2, 0.25) is 0 Å². The minimum Gasteiger partial charge on any atom is -0.383 e. The number of hydrogen-bond acceptors (Lipinski definition) is 5. The van der Waals surface area contributed by atoms with Crippen molar-refractivity contribution < 1.29 is 18.0 Å². The molecule has 2 N–H and O–H groups in total. The maximum absolute atomic E-state index is 12.9. The van der Waals surface area contributed by atoms with Crippen LogP contribution in [0.1, 0.15) is 11.3 Å². The molecule has 174 valence electrons. The minimum atomic E-state index is -4.49. The van der Waals surface area contributed by atoms with Crippen LogP contribution in [0.15, 0.2) is 55.1 Å². The van der Waals surface area contributed by atoms with Crippen molar-refractivity contribution in [2.24, 2.45) is 7.05 Å². The number of anilines is 2. The number of aryl methyl sites for hydroxylation is 1. The van der Waals surface area contributed by atoms with Gasteiger partial charge in [0, 0.05) is 50.3 Å². The molecule has 5 rings (SSSR count). The number of carbonyl (C=O) groups excluding carboxylic acids is 1. The van der Waals surface area contributed by atoms with Gasteiger partial charge < -0.3 is 15.2 Å². The average molecular weight is 467 g/mol. The number of amides is 2. The largest absolute Gasteiger partial charge is 0.433 e. The first-order valence-corrected chi connectivity index (χ1v) is 10.5. The predicted molar refractivity (Wildman–Crippen MR) is 121 cm³/mol. The van der Waals surface area contributed by atoms with E-state index in [2.05, 4.69) is 15.0 Å². The van der Waals surface area contributed by atoms with Crippen molar-refractivity contribution in [3.05, 3.63) is 66.4 Å². The summed E-state index contributed by atoms with van der Waals surface area (Å²) < 4.78 is 40.0. The molecule has 1 aromatic carbocycles. The van der Waals surface area contributed by atoms with Gasteiger partial charge in [0.25, 0.3) is 0 Å². The van der Waals surface area contributed by atoms with Crippen molar-refractivity contribution in [2.75, 3.05) is 23.7 Å². The molecule has 1 fully saturated rings. The van der Waals surface area contributed by atoms with Crippen LogP contribution >= 0.6 is 0 Å². The fraction of sp³-hybridized carbons (Fsp3) is 0.217. The summed E-state index contributed by atoms with van der Waals surface area (Å²) in [6.07, 6.45) is 0.0322. The standard InChI is InChI=1S/C23H20F3N7O/c1-31-12-17(19-20(27)29-13-30-21(19)31)15-3-5-16(6-4-15)33-9-8-32(22(33)34)11-14-2-7-18(28-10-14)23(24,25)26/h2-7,10,12-13H,8-9,11H2,1H3,(H2,27,29,30). The van der Waals surface area contributed by atoms with Crippen LogP contribution in [0.3, 0.4) is 0 Å². The van der Waals surface area contributed by atoms with Crippen molar-refractivity contribution in [3.63, 3.8) is 0 Å². The molecule has 3 aromatic heterocycles. The Hall–Kier alpha value is -4.15. The lowest BCUT2D eigenvalue weighted by molar-refractivity contribution is -0.141. The van der Waals surface area contributed by atoms with E-state index >= 15 is 0 Å². The number of nitrogens with zero attached hydrogens (tertiary/aromatic N) is 6. The van der Waals surface area contributed by atoms with Gasteiger partial charge in [0.05, 0.1) is 5.39 Å². The van der Waals surface area contributed by atoms with Crippen LogP contribution in [0.25, 0.3) is 22.2 Å². The third-order valence-corrected chi connectivity index (χ3v) is 5.86. The fourth-order valence-corrected chi connectivity index (χ4v) is 4.15. The topological polar surface area (TPSA) is 93.2 Å². The van der Waals surface area contributed by atoms with E-state index in [4.69, 9.17) is 5.73 Å². The molecule has 11 heteroatoms. The van der Waals surface area contributed by atoms with E-state index in [0.29, 0.717) is 24.5 Å². The normalized spacial score (nSPS) is 14.4. The zero-order chi connectivity index (χ0) is 24.0. The van der Waals surface area contributed by atoms with E-state index in [1.54, 1.807) is 9.80 Å². The van der Waals surface area contributed by atoms with Gasteiger partial charge in [0.1, 0.15) is 23.5 Å². The van der Waals surface area contributed by atoms with Crippen LogP contribution in [0, 0.1) is 0 Å². The van der Waals surface area contributed by atoms with Crippen LogP contribution in [-0.2, 0) is 19.8 Å². The molecular formula is C23H20F3N7O. The van der Waals surface area contributed by atoms with E-state index in [-0.39, 0.29) is 12.6 Å². The molecule has 0 radical (unpaired) electrons. The highest BCUT2D eigenvalue weighted by Gasteiger charge is 2.33. The molecule has 4 heterocycles. The molecule has 2 amide bonds. The highest BCUT2D eigenvalue weighted by Crippen LogP contribution is 2.33. The molecule has 0 spiro atoms. The summed E-state index contributed by atoms with van der Waals surface area (Å²) in [5.41, 5.74) is 8.93. The number of halogens is 3. The molecule has 1 aliphatic rings. The highest BCUT2D eigenvalue weighted by molar-refractivity contribution is 6.01. The Morgan fingerprint density at radius 3 is 2.47 bits per heavy atom. The zero-order valence-electron chi connectivity index (χ0n) is 18.1. The summed E-state index contributed by atoms with van der Waals surface area (Å²) in [6, 6.07) is 9.59. The van der Waals surface area contributed by atoms with Gasteiger partial charge in [0.2, 0.25) is 0 Å². The van der Waals surface area contributed by atoms with Gasteiger partial charge in [-0.05, 0) is 29.3 Å². The maximum atomic E-state index is 12.9. The lowest BCUT2D eigenvalue weighted by atomic mass is 10.1. The van der Waals surface area contributed by atoms with Gasteiger partial charge in [-0.15, -0.1) is 0 Å². The summed E-state index contributed by atoms with van der Waals surface area (Å²) in [5, 5.41) is 0.770. The number of rotatable bonds is 4. The Labute approximate surface area is 192 Å². The van der Waals surface area contributed by atoms with E-state index in [0.717, 1.165) is 40.1 Å². The molecule has 0 saturated carbocycles. The lowest BCUT2D eigenvalue weighted by Gasteiger charge is -2.19. The van der Waals surface area contributed by atoms with Crippen LogP contribution < -0.4 is 10.6 Å². The molecule has 0 atom stereocenters. The van der Waals surface area contributed by atoms with Gasteiger partial charge in [-0.2, -0.15) is 13.2 Å². The number of alkyl halides is 3. The Bertz CT molecular complexity index is 1360. The third-order valence-electron chi connectivity index (χ3n) is 5.86. The van der Waals surface area contributed by atoms with E-state index in [1.807, 2.05) is 42.1 Å². The van der Waals surface area contributed by atoms with Crippen molar-refractivity contribution in [3.8, 4) is 11.1 Å². The molecular weight excluding hydrogens is 447 g/mol. The number of nitrogens with two attached hydrogens (primary N) is 1. The number of benzene rings is 1. The lowest BCUT2D eigenvalue weighted by Crippen LogP contribution is -2.31. The van der Waals surface area contributed by atoms with Gasteiger partial charge in [-0.1, -0.05) is 18.2 Å². The van der Waals surface area contributed by atoms with Crippen molar-refractivity contribution in [1.29, 1.82) is 0 Å². The molecule has 0 aliphatic carbocycles. The Morgan fingerprint density at radius 1 is 1.03 bits per heavy atom. The molecule has 1 aliphatic heterocycles. The summed E-state index contributed by atoms with van der Waals surface area (Å²) in [4.78, 5) is 28.0. The van der Waals surface area contributed by atoms with Gasteiger partial charge >= 0.3 is 12.2 Å². The molecule has 4 aromatic rings. The van der Waals surface area contributed by atoms with E-state index in [1.165, 1.54) is 12.4 Å². The first kappa shape index (κ1) is 21.7. The summed E-state index contributed by atoms with van der Waals surface area (Å²) in [6.45, 7) is 1.12. The zero-order valence-corrected chi connectivity index (χ0v) is 18.1. The molecule has 34 heavy (non-hydrogen) atoms. The predicted octanol–water partition coefficient (Wildman–Crippen LogP) is 4.07. The average Bonchev–Trinajstić information content (AvgIpc) is 3.34. The first-order valence-electron chi connectivity index (χ1n) is 10.5. The first-order chi connectivity index (χ1) is 16.2. The molecule has 0 unspecified atom stereocenters. The Balaban J connectivity index is 1.33. The second-order valence-corrected chi connectivity index (χ2v) is 8.06. The smallest absolute Gasteiger partial charge is 0.383 e. The number of carbonyl (C=O) groups is 1. The quantitative estimate of drug-likeness (QED) is 0.488. The van der Waals surface area contributed by atoms with Crippen molar-refractivity contribution in [1.82, 2.24) is 24.4 Å². The van der Waals surface area contributed by atoms with Gasteiger partial charge in [0.15, 0.2) is 0 Å². The number of pyridine rings is 1. The number of hydrogen-bond donors (Lipinski definition) is 1. The number of aromatic nitrogens is 4. The van der Waals surface area contributed by atoms with Crippen molar-refractivity contribution in [2.45, 2.75) is 12.7 Å². The summed E-state index contributed by atoms with van der Waals surface area (Å²) >= 11 is 0. The molecule has 0 bridgehead atoms. The maximum Gasteiger partial charge on any atom is 0.433 e. The van der Waals surface area contributed by atoms with Crippen LogP contribution in [-0.4, -0.2) is 43.5 Å². The van der Waals surface area contributed by atoms with Crippen molar-refractivity contribution >= 4 is 28.6 Å². The summed E-state index contributed by atoms with van der Waals surface area (Å²) in [7, 11) is 1.89. The number of urea groups is 1. The highest BCUT2D eigenvalue weighted by atomic mass is 19.4. The molecule has 8 nitrogen and oxygen atoms in total. The van der Waals surface area contributed by atoms with Gasteiger partial charge in [-0.3, -0.25) is 9.88 Å². The minimum absolute atomic E-state index is 0.188.